The first-order valence-electron chi connectivity index (χ1n) is 12.1. The lowest BCUT2D eigenvalue weighted by molar-refractivity contribution is -0.136. The van der Waals surface area contributed by atoms with Crippen LogP contribution in [0, 0.1) is 6.92 Å². The molecule has 1 amide bonds. The van der Waals surface area contributed by atoms with E-state index >= 15 is 0 Å². The summed E-state index contributed by atoms with van der Waals surface area (Å²) in [6, 6.07) is 19.9. The number of nitrogens with zero attached hydrogens (tertiary/aromatic N) is 2. The molecule has 3 aromatic rings. The van der Waals surface area contributed by atoms with Crippen molar-refractivity contribution in [1.29, 1.82) is 0 Å². The highest BCUT2D eigenvalue weighted by Crippen LogP contribution is 2.34. The molecule has 0 bridgehead atoms. The number of aliphatic hydroxyl groups excluding tert-OH is 1. The van der Waals surface area contributed by atoms with Gasteiger partial charge in [0.05, 0.1) is 18.7 Å². The van der Waals surface area contributed by atoms with Crippen molar-refractivity contribution in [3.8, 4) is 5.75 Å². The molecular formula is C29H34N2O3S. The molecule has 35 heavy (non-hydrogen) atoms. The zero-order valence-corrected chi connectivity index (χ0v) is 21.1. The molecule has 184 valence electrons. The lowest BCUT2D eigenvalue weighted by atomic mass is 10.00. The second-order valence-corrected chi connectivity index (χ2v) is 10.1. The van der Waals surface area contributed by atoms with Crippen LogP contribution in [0.5, 0.6) is 5.75 Å². The van der Waals surface area contributed by atoms with E-state index in [4.69, 9.17) is 4.74 Å². The van der Waals surface area contributed by atoms with Gasteiger partial charge in [-0.25, -0.2) is 0 Å². The quantitative estimate of drug-likeness (QED) is 0.398. The van der Waals surface area contributed by atoms with Crippen LogP contribution >= 0.6 is 11.3 Å². The van der Waals surface area contributed by atoms with Gasteiger partial charge >= 0.3 is 0 Å². The highest BCUT2D eigenvalue weighted by Gasteiger charge is 2.33. The molecule has 6 heteroatoms. The molecule has 2 atom stereocenters. The molecule has 1 N–H and O–H groups in total. The first-order chi connectivity index (χ1) is 17.0. The summed E-state index contributed by atoms with van der Waals surface area (Å²) in [6.45, 7) is 8.17. The maximum Gasteiger partial charge on any atom is 0.237 e. The Hall–Kier alpha value is -2.93. The molecule has 0 saturated heterocycles. The molecule has 4 rings (SSSR count). The fraction of sp³-hybridized carbons (Fsp3) is 0.345. The lowest BCUT2D eigenvalue weighted by Crippen LogP contribution is -2.48. The van der Waals surface area contributed by atoms with Gasteiger partial charge in [-0.1, -0.05) is 54.1 Å². The Morgan fingerprint density at radius 1 is 1.23 bits per heavy atom. The number of amides is 1. The number of benzene rings is 2. The largest absolute Gasteiger partial charge is 0.491 e. The second kappa shape index (κ2) is 12.2. The van der Waals surface area contributed by atoms with Crippen molar-refractivity contribution in [2.75, 3.05) is 32.8 Å². The van der Waals surface area contributed by atoms with Crippen molar-refractivity contribution in [1.82, 2.24) is 9.80 Å². The normalized spacial score (nSPS) is 16.1. The molecule has 1 aliphatic rings. The molecular weight excluding hydrogens is 456 g/mol. The van der Waals surface area contributed by atoms with Crippen molar-refractivity contribution < 1.29 is 14.6 Å². The van der Waals surface area contributed by atoms with Gasteiger partial charge in [0.15, 0.2) is 0 Å². The number of thiophene rings is 1. The minimum absolute atomic E-state index is 0.0492. The van der Waals surface area contributed by atoms with E-state index in [-0.39, 0.29) is 18.5 Å². The van der Waals surface area contributed by atoms with Crippen LogP contribution in [0.4, 0.5) is 0 Å². The predicted molar refractivity (Wildman–Crippen MR) is 142 cm³/mol. The maximum absolute atomic E-state index is 13.5. The van der Waals surface area contributed by atoms with E-state index in [0.29, 0.717) is 32.7 Å². The van der Waals surface area contributed by atoms with Gasteiger partial charge in [-0.3, -0.25) is 9.69 Å². The van der Waals surface area contributed by atoms with Crippen LogP contribution < -0.4 is 4.74 Å². The Bertz CT molecular complexity index is 1100. The third-order valence-electron chi connectivity index (χ3n) is 6.37. The highest BCUT2D eigenvalue weighted by atomic mass is 32.1. The Balaban J connectivity index is 1.42. The van der Waals surface area contributed by atoms with Crippen LogP contribution in [0.2, 0.25) is 0 Å². The number of hydrogen-bond donors (Lipinski definition) is 1. The maximum atomic E-state index is 13.5. The minimum Gasteiger partial charge on any atom is -0.491 e. The van der Waals surface area contributed by atoms with Gasteiger partial charge in [0.25, 0.3) is 0 Å². The van der Waals surface area contributed by atoms with Crippen LogP contribution in [-0.2, 0) is 17.6 Å². The molecule has 0 fully saturated rings. The van der Waals surface area contributed by atoms with Crippen LogP contribution in [0.1, 0.15) is 27.6 Å². The highest BCUT2D eigenvalue weighted by molar-refractivity contribution is 7.10. The Morgan fingerprint density at radius 2 is 2.00 bits per heavy atom. The van der Waals surface area contributed by atoms with Crippen molar-refractivity contribution >= 4 is 17.2 Å². The molecule has 2 aromatic carbocycles. The summed E-state index contributed by atoms with van der Waals surface area (Å²) in [6.07, 6.45) is 2.64. The number of aliphatic hydroxyl groups is 1. The van der Waals surface area contributed by atoms with E-state index in [1.165, 1.54) is 16.0 Å². The van der Waals surface area contributed by atoms with Crippen LogP contribution in [0.25, 0.3) is 0 Å². The SMILES string of the molecule is C=CCN(CC(=O)N1CCc2sccc2C1COc1ccc(C)cc1)CC(O)Cc1ccccc1. The van der Waals surface area contributed by atoms with Gasteiger partial charge in [-0.05, 0) is 54.5 Å². The van der Waals surface area contributed by atoms with Gasteiger partial charge in [0, 0.05) is 24.5 Å². The molecule has 5 nitrogen and oxygen atoms in total. The summed E-state index contributed by atoms with van der Waals surface area (Å²) < 4.78 is 6.13. The first kappa shape index (κ1) is 25.2. The summed E-state index contributed by atoms with van der Waals surface area (Å²) >= 11 is 1.75. The van der Waals surface area contributed by atoms with Gasteiger partial charge in [0.1, 0.15) is 12.4 Å². The second-order valence-electron chi connectivity index (χ2n) is 9.10. The van der Waals surface area contributed by atoms with Crippen LogP contribution in [-0.4, -0.2) is 59.7 Å². The van der Waals surface area contributed by atoms with Gasteiger partial charge in [-0.15, -0.1) is 17.9 Å². The van der Waals surface area contributed by atoms with E-state index in [1.807, 2.05) is 64.4 Å². The van der Waals surface area contributed by atoms with E-state index in [0.717, 1.165) is 17.7 Å². The van der Waals surface area contributed by atoms with E-state index < -0.39 is 6.10 Å². The van der Waals surface area contributed by atoms with E-state index in [2.05, 4.69) is 24.9 Å². The van der Waals surface area contributed by atoms with Gasteiger partial charge in [-0.2, -0.15) is 0 Å². The summed E-state index contributed by atoms with van der Waals surface area (Å²) in [5.41, 5.74) is 3.45. The molecule has 0 aliphatic carbocycles. The zero-order valence-electron chi connectivity index (χ0n) is 20.3. The molecule has 0 spiro atoms. The lowest BCUT2D eigenvalue weighted by Gasteiger charge is -2.37. The van der Waals surface area contributed by atoms with Gasteiger partial charge < -0.3 is 14.7 Å². The molecule has 2 heterocycles. The number of ether oxygens (including phenoxy) is 1. The summed E-state index contributed by atoms with van der Waals surface area (Å²) in [5, 5.41) is 12.8. The van der Waals surface area contributed by atoms with Crippen molar-refractivity contribution in [2.24, 2.45) is 0 Å². The average molecular weight is 491 g/mol. The topological polar surface area (TPSA) is 53.0 Å². The zero-order chi connectivity index (χ0) is 24.6. The fourth-order valence-electron chi connectivity index (χ4n) is 4.60. The number of rotatable bonds is 11. The number of carbonyl (C=O) groups is 1. The molecule has 1 aromatic heterocycles. The number of carbonyl (C=O) groups excluding carboxylic acids is 1. The van der Waals surface area contributed by atoms with Crippen molar-refractivity contribution in [2.45, 2.75) is 31.9 Å². The predicted octanol–water partition coefficient (Wildman–Crippen LogP) is 4.65. The van der Waals surface area contributed by atoms with Crippen LogP contribution in [0.3, 0.4) is 0 Å². The molecule has 0 radical (unpaired) electrons. The van der Waals surface area contributed by atoms with E-state index in [9.17, 15) is 9.90 Å². The summed E-state index contributed by atoms with van der Waals surface area (Å²) in [7, 11) is 0. The molecule has 2 unspecified atom stereocenters. The Labute approximate surface area is 212 Å². The van der Waals surface area contributed by atoms with Crippen molar-refractivity contribution in [3.05, 3.63) is 100 Å². The third kappa shape index (κ3) is 6.82. The van der Waals surface area contributed by atoms with Gasteiger partial charge in [0.2, 0.25) is 5.91 Å². The average Bonchev–Trinajstić information content (AvgIpc) is 3.33. The Morgan fingerprint density at radius 3 is 2.74 bits per heavy atom. The molecule has 1 aliphatic heterocycles. The standard InChI is InChI=1S/C29H34N2O3S/c1-3-15-30(19-24(32)18-23-7-5-4-6-8-23)20-29(33)31-16-13-28-26(14-17-35-28)27(31)21-34-25-11-9-22(2)10-12-25/h3-12,14,17,24,27,32H,1,13,15-16,18-21H2,2H3. The summed E-state index contributed by atoms with van der Waals surface area (Å²) in [5.74, 6) is 0.857. The number of aryl methyl sites for hydroxylation is 1. The Kier molecular flexibility index (Phi) is 8.74. The van der Waals surface area contributed by atoms with E-state index in [1.54, 1.807) is 17.4 Å². The summed E-state index contributed by atoms with van der Waals surface area (Å²) in [4.78, 5) is 18.8. The van der Waals surface area contributed by atoms with Crippen molar-refractivity contribution in [3.63, 3.8) is 0 Å². The first-order valence-corrected chi connectivity index (χ1v) is 13.0. The number of fused-ring (bicyclic) bond motifs is 1. The third-order valence-corrected chi connectivity index (χ3v) is 7.37. The monoisotopic (exact) mass is 490 g/mol. The molecule has 0 saturated carbocycles. The fourth-order valence-corrected chi connectivity index (χ4v) is 5.53. The minimum atomic E-state index is -0.560. The van der Waals surface area contributed by atoms with Crippen LogP contribution in [0.15, 0.2) is 78.7 Å². The number of hydrogen-bond acceptors (Lipinski definition) is 5. The smallest absolute Gasteiger partial charge is 0.237 e.